The molecule has 0 spiro atoms. The molecule has 1 amide bonds. The average Bonchev–Trinajstić information content (AvgIpc) is 2.48. The van der Waals surface area contributed by atoms with Crippen LogP contribution in [0.25, 0.3) is 0 Å². The van der Waals surface area contributed by atoms with Gasteiger partial charge in [0.2, 0.25) is 0 Å². The molecule has 0 aromatic heterocycles. The molecule has 0 aliphatic heterocycles. The van der Waals surface area contributed by atoms with Gasteiger partial charge < -0.3 is 21.1 Å². The van der Waals surface area contributed by atoms with Gasteiger partial charge in [-0.25, -0.2) is 0 Å². The third-order valence-corrected chi connectivity index (χ3v) is 3.46. The van der Waals surface area contributed by atoms with Gasteiger partial charge in [-0.1, -0.05) is 0 Å². The van der Waals surface area contributed by atoms with Crippen LogP contribution in [0.2, 0.25) is 0 Å². The van der Waals surface area contributed by atoms with Crippen LogP contribution in [0.1, 0.15) is 37.0 Å². The van der Waals surface area contributed by atoms with Crippen molar-refractivity contribution in [3.8, 4) is 5.75 Å². The fourth-order valence-corrected chi connectivity index (χ4v) is 1.66. The lowest BCUT2D eigenvalue weighted by molar-refractivity contribution is 0.0953. The van der Waals surface area contributed by atoms with Gasteiger partial charge in [0, 0.05) is 17.6 Å². The normalized spacial score (nSPS) is 11.2. The Morgan fingerprint density at radius 2 is 1.95 bits per heavy atom. The smallest absolute Gasteiger partial charge is 0.251 e. The fourth-order valence-electron chi connectivity index (χ4n) is 1.66. The van der Waals surface area contributed by atoms with Gasteiger partial charge in [0.05, 0.1) is 6.61 Å². The van der Waals surface area contributed by atoms with Crippen molar-refractivity contribution < 1.29 is 9.53 Å². The van der Waals surface area contributed by atoms with Crippen LogP contribution < -0.4 is 21.1 Å². The number of carbonyl (C=O) groups excluding carboxylic acids is 1. The number of nitrogens with one attached hydrogen (secondary N) is 2. The predicted molar refractivity (Wildman–Crippen MR) is 85.7 cm³/mol. The highest BCUT2D eigenvalue weighted by Gasteiger charge is 2.14. The van der Waals surface area contributed by atoms with Crippen LogP contribution in [0.4, 0.5) is 0 Å². The molecule has 0 saturated carbocycles. The van der Waals surface area contributed by atoms with E-state index in [9.17, 15) is 4.79 Å². The van der Waals surface area contributed by atoms with Crippen molar-refractivity contribution in [3.05, 3.63) is 29.8 Å². The first-order valence-electron chi connectivity index (χ1n) is 7.38. The predicted octanol–water partition coefficient (Wildman–Crippen LogP) is 1.53. The Bertz CT molecular complexity index is 430. The Hall–Kier alpha value is -1.59. The van der Waals surface area contributed by atoms with Gasteiger partial charge in [-0.2, -0.15) is 0 Å². The summed E-state index contributed by atoms with van der Waals surface area (Å²) in [4.78, 5) is 11.8. The first-order chi connectivity index (χ1) is 9.98. The lowest BCUT2D eigenvalue weighted by Crippen LogP contribution is -2.37. The van der Waals surface area contributed by atoms with Gasteiger partial charge in [0.25, 0.3) is 5.91 Å². The SMILES string of the molecule is CNC(C)(C)CCOc1ccc(C(=O)NCCCN)cc1. The zero-order valence-corrected chi connectivity index (χ0v) is 13.2. The summed E-state index contributed by atoms with van der Waals surface area (Å²) in [6.07, 6.45) is 1.69. The molecule has 118 valence electrons. The highest BCUT2D eigenvalue weighted by molar-refractivity contribution is 5.94. The van der Waals surface area contributed by atoms with Gasteiger partial charge in [-0.05, 0) is 64.5 Å². The van der Waals surface area contributed by atoms with Gasteiger partial charge in [0.15, 0.2) is 0 Å². The summed E-state index contributed by atoms with van der Waals surface area (Å²) in [6, 6.07) is 7.20. The van der Waals surface area contributed by atoms with E-state index in [2.05, 4.69) is 24.5 Å². The lowest BCUT2D eigenvalue weighted by atomic mass is 10.0. The van der Waals surface area contributed by atoms with Crippen LogP contribution in [-0.4, -0.2) is 38.2 Å². The Labute approximate surface area is 127 Å². The zero-order chi connectivity index (χ0) is 15.7. The second-order valence-corrected chi connectivity index (χ2v) is 5.65. The molecular weight excluding hydrogens is 266 g/mol. The fraction of sp³-hybridized carbons (Fsp3) is 0.562. The van der Waals surface area contributed by atoms with E-state index >= 15 is 0 Å². The Balaban J connectivity index is 2.41. The number of nitrogens with two attached hydrogens (primary N) is 1. The largest absolute Gasteiger partial charge is 0.494 e. The van der Waals surface area contributed by atoms with Crippen molar-refractivity contribution in [1.29, 1.82) is 0 Å². The molecule has 0 fully saturated rings. The zero-order valence-electron chi connectivity index (χ0n) is 13.2. The van der Waals surface area contributed by atoms with Gasteiger partial charge in [-0.3, -0.25) is 4.79 Å². The Morgan fingerprint density at radius 1 is 1.29 bits per heavy atom. The van der Waals surface area contributed by atoms with Gasteiger partial charge in [-0.15, -0.1) is 0 Å². The van der Waals surface area contributed by atoms with Crippen LogP contribution >= 0.6 is 0 Å². The number of ether oxygens (including phenoxy) is 1. The number of hydrogen-bond acceptors (Lipinski definition) is 4. The van der Waals surface area contributed by atoms with E-state index < -0.39 is 0 Å². The molecule has 1 aromatic rings. The van der Waals surface area contributed by atoms with Crippen molar-refractivity contribution in [2.45, 2.75) is 32.2 Å². The molecule has 0 bridgehead atoms. The molecule has 4 N–H and O–H groups in total. The van der Waals surface area contributed by atoms with E-state index in [0.717, 1.165) is 18.6 Å². The number of rotatable bonds is 9. The van der Waals surface area contributed by atoms with E-state index in [1.165, 1.54) is 0 Å². The molecule has 0 unspecified atom stereocenters. The van der Waals surface area contributed by atoms with Crippen molar-refractivity contribution in [2.75, 3.05) is 26.7 Å². The molecule has 1 aromatic carbocycles. The maximum atomic E-state index is 11.8. The minimum Gasteiger partial charge on any atom is -0.494 e. The summed E-state index contributed by atoms with van der Waals surface area (Å²) < 4.78 is 5.69. The van der Waals surface area contributed by atoms with Crippen molar-refractivity contribution in [3.63, 3.8) is 0 Å². The standard InChI is InChI=1S/C16H27N3O2/c1-16(2,18-3)9-12-21-14-7-5-13(6-8-14)15(20)19-11-4-10-17/h5-8,18H,4,9-12,17H2,1-3H3,(H,19,20). The molecular formula is C16H27N3O2. The van der Waals surface area contributed by atoms with Gasteiger partial charge >= 0.3 is 0 Å². The van der Waals surface area contributed by atoms with E-state index in [-0.39, 0.29) is 11.4 Å². The van der Waals surface area contributed by atoms with Crippen LogP contribution in [0, 0.1) is 0 Å². The summed E-state index contributed by atoms with van der Waals surface area (Å²) in [5.74, 6) is 0.701. The molecule has 0 heterocycles. The lowest BCUT2D eigenvalue weighted by Gasteiger charge is -2.23. The molecule has 0 saturated heterocycles. The first-order valence-corrected chi connectivity index (χ1v) is 7.38. The summed E-state index contributed by atoms with van der Waals surface area (Å²) in [7, 11) is 1.94. The minimum absolute atomic E-state index is 0.0584. The van der Waals surface area contributed by atoms with Crippen LogP contribution in [0.3, 0.4) is 0 Å². The first kappa shape index (κ1) is 17.5. The topological polar surface area (TPSA) is 76.4 Å². The average molecular weight is 293 g/mol. The molecule has 0 aliphatic carbocycles. The maximum Gasteiger partial charge on any atom is 0.251 e. The third-order valence-electron chi connectivity index (χ3n) is 3.46. The molecule has 0 radical (unpaired) electrons. The molecule has 0 aliphatic rings. The summed E-state index contributed by atoms with van der Waals surface area (Å²) in [5, 5.41) is 6.06. The van der Waals surface area contributed by atoms with Crippen LogP contribution in [0.15, 0.2) is 24.3 Å². The van der Waals surface area contributed by atoms with E-state index in [0.29, 0.717) is 25.3 Å². The number of benzene rings is 1. The highest BCUT2D eigenvalue weighted by atomic mass is 16.5. The van der Waals surface area contributed by atoms with Crippen LogP contribution in [0.5, 0.6) is 5.75 Å². The number of hydrogen-bond donors (Lipinski definition) is 3. The van der Waals surface area contributed by atoms with Crippen molar-refractivity contribution >= 4 is 5.91 Å². The maximum absolute atomic E-state index is 11.8. The van der Waals surface area contributed by atoms with Gasteiger partial charge in [0.1, 0.15) is 5.75 Å². The Morgan fingerprint density at radius 3 is 2.52 bits per heavy atom. The minimum atomic E-state index is -0.0775. The van der Waals surface area contributed by atoms with Crippen molar-refractivity contribution in [1.82, 2.24) is 10.6 Å². The third kappa shape index (κ3) is 6.60. The monoisotopic (exact) mass is 293 g/mol. The second kappa shape index (κ2) is 8.64. The Kier molecular flexibility index (Phi) is 7.19. The number of carbonyl (C=O) groups is 1. The molecule has 0 atom stereocenters. The number of amides is 1. The molecule has 21 heavy (non-hydrogen) atoms. The van der Waals surface area contributed by atoms with Crippen LogP contribution in [-0.2, 0) is 0 Å². The summed E-state index contributed by atoms with van der Waals surface area (Å²) in [6.45, 7) is 6.08. The molecule has 5 nitrogen and oxygen atoms in total. The van der Waals surface area contributed by atoms with E-state index in [1.54, 1.807) is 12.1 Å². The second-order valence-electron chi connectivity index (χ2n) is 5.65. The van der Waals surface area contributed by atoms with E-state index in [1.807, 2.05) is 19.2 Å². The van der Waals surface area contributed by atoms with E-state index in [4.69, 9.17) is 10.5 Å². The quantitative estimate of drug-likeness (QED) is 0.604. The summed E-state index contributed by atoms with van der Waals surface area (Å²) in [5.41, 5.74) is 6.08. The summed E-state index contributed by atoms with van der Waals surface area (Å²) >= 11 is 0. The molecule has 5 heteroatoms. The highest BCUT2D eigenvalue weighted by Crippen LogP contribution is 2.14. The van der Waals surface area contributed by atoms with Crippen molar-refractivity contribution in [2.24, 2.45) is 5.73 Å². The molecule has 1 rings (SSSR count).